The van der Waals surface area contributed by atoms with Gasteiger partial charge in [-0.15, -0.1) is 0 Å². The Morgan fingerprint density at radius 3 is 2.72 bits per heavy atom. The first-order valence-electron chi connectivity index (χ1n) is 9.39. The minimum absolute atomic E-state index is 0.0550. The van der Waals surface area contributed by atoms with Gasteiger partial charge in [-0.25, -0.2) is 0 Å². The number of likely N-dealkylation sites (tertiary alicyclic amines) is 1. The number of nitrogens with zero attached hydrogens (tertiary/aromatic N) is 4. The number of esters is 1. The van der Waals surface area contributed by atoms with Gasteiger partial charge in [-0.1, -0.05) is 49.1 Å². The number of piperidine rings is 1. The van der Waals surface area contributed by atoms with Gasteiger partial charge in [0.2, 0.25) is 11.9 Å². The number of carbonyl (C=O) groups excluding carboxylic acids is 1. The molecule has 0 aliphatic carbocycles. The molecule has 2 heterocycles. The van der Waals surface area contributed by atoms with Crippen molar-refractivity contribution in [2.45, 2.75) is 26.4 Å². The molecule has 8 nitrogen and oxygen atoms in total. The SMILES string of the molecule is CC1CCN(C(=S)SCC(=O)OCc2nc(N)nc(Nc3ccccc3)n2)CC1. The predicted molar refractivity (Wildman–Crippen MR) is 119 cm³/mol. The first-order valence-corrected chi connectivity index (χ1v) is 10.8. The molecule has 1 aromatic carbocycles. The van der Waals surface area contributed by atoms with Crippen molar-refractivity contribution in [1.29, 1.82) is 0 Å². The number of hydrogen-bond acceptors (Lipinski definition) is 9. The lowest BCUT2D eigenvalue weighted by Gasteiger charge is -2.31. The fraction of sp³-hybridized carbons (Fsp3) is 0.421. The van der Waals surface area contributed by atoms with E-state index in [1.165, 1.54) is 11.8 Å². The van der Waals surface area contributed by atoms with Crippen molar-refractivity contribution in [3.8, 4) is 0 Å². The zero-order chi connectivity index (χ0) is 20.6. The van der Waals surface area contributed by atoms with Gasteiger partial charge < -0.3 is 20.7 Å². The van der Waals surface area contributed by atoms with Crippen molar-refractivity contribution < 1.29 is 9.53 Å². The summed E-state index contributed by atoms with van der Waals surface area (Å²) in [7, 11) is 0. The highest BCUT2D eigenvalue weighted by atomic mass is 32.2. The standard InChI is InChI=1S/C19H24N6O2S2/c1-13-7-9-25(10-8-13)19(28)29-12-16(26)27-11-15-22-17(20)24-18(23-15)21-14-5-3-2-4-6-14/h2-6,13H,7-12H2,1H3,(H3,20,21,22,23,24). The lowest BCUT2D eigenvalue weighted by molar-refractivity contribution is -0.141. The molecule has 0 amide bonds. The molecule has 3 rings (SSSR count). The quantitative estimate of drug-likeness (QED) is 0.522. The summed E-state index contributed by atoms with van der Waals surface area (Å²) in [6.07, 6.45) is 2.26. The number of para-hydroxylation sites is 1. The van der Waals surface area contributed by atoms with E-state index >= 15 is 0 Å². The van der Waals surface area contributed by atoms with Gasteiger partial charge in [0.05, 0.1) is 5.75 Å². The van der Waals surface area contributed by atoms with Crippen LogP contribution in [0.5, 0.6) is 0 Å². The van der Waals surface area contributed by atoms with E-state index in [4.69, 9.17) is 22.7 Å². The van der Waals surface area contributed by atoms with Crippen molar-refractivity contribution in [1.82, 2.24) is 19.9 Å². The molecule has 0 radical (unpaired) electrons. The van der Waals surface area contributed by atoms with Crippen LogP contribution in [0.1, 0.15) is 25.6 Å². The highest BCUT2D eigenvalue weighted by molar-refractivity contribution is 8.23. The number of hydrogen-bond donors (Lipinski definition) is 2. The summed E-state index contributed by atoms with van der Waals surface area (Å²) in [5.41, 5.74) is 6.56. The van der Waals surface area contributed by atoms with Crippen LogP contribution in [0.15, 0.2) is 30.3 Å². The number of nitrogens with one attached hydrogen (secondary N) is 1. The third-order valence-corrected chi connectivity index (χ3v) is 5.94. The monoisotopic (exact) mass is 432 g/mol. The Bertz CT molecular complexity index is 844. The Kier molecular flexibility index (Phi) is 7.59. The van der Waals surface area contributed by atoms with E-state index in [9.17, 15) is 4.79 Å². The number of anilines is 3. The maximum Gasteiger partial charge on any atom is 0.316 e. The predicted octanol–water partition coefficient (Wildman–Crippen LogP) is 2.99. The Morgan fingerprint density at radius 2 is 2.00 bits per heavy atom. The van der Waals surface area contributed by atoms with E-state index < -0.39 is 0 Å². The average molecular weight is 433 g/mol. The van der Waals surface area contributed by atoms with E-state index in [1.807, 2.05) is 30.3 Å². The normalized spacial score (nSPS) is 14.4. The molecule has 1 aliphatic heterocycles. The van der Waals surface area contributed by atoms with Gasteiger partial charge in [-0.05, 0) is 30.9 Å². The van der Waals surface area contributed by atoms with Crippen LogP contribution in [-0.4, -0.2) is 49.0 Å². The Hall–Kier alpha value is -2.46. The molecule has 1 aromatic heterocycles. The summed E-state index contributed by atoms with van der Waals surface area (Å²) in [6.45, 7) is 4.07. The van der Waals surface area contributed by atoms with E-state index in [1.54, 1.807) is 0 Å². The third kappa shape index (κ3) is 6.82. The molecule has 29 heavy (non-hydrogen) atoms. The number of nitrogen functional groups attached to an aromatic ring is 1. The second-order valence-corrected chi connectivity index (χ2v) is 8.42. The van der Waals surface area contributed by atoms with Gasteiger partial charge in [0.1, 0.15) is 4.32 Å². The Morgan fingerprint density at radius 1 is 1.28 bits per heavy atom. The van der Waals surface area contributed by atoms with Crippen molar-refractivity contribution in [2.24, 2.45) is 5.92 Å². The average Bonchev–Trinajstić information content (AvgIpc) is 2.71. The third-order valence-electron chi connectivity index (χ3n) is 4.45. The van der Waals surface area contributed by atoms with Crippen LogP contribution in [-0.2, 0) is 16.1 Å². The minimum atomic E-state index is -0.376. The first kappa shape index (κ1) is 21.3. The van der Waals surface area contributed by atoms with Crippen LogP contribution in [0, 0.1) is 5.92 Å². The highest BCUT2D eigenvalue weighted by Gasteiger charge is 2.19. The smallest absolute Gasteiger partial charge is 0.316 e. The fourth-order valence-corrected chi connectivity index (χ4v) is 3.85. The molecular formula is C19H24N6O2S2. The first-order chi connectivity index (χ1) is 14.0. The van der Waals surface area contributed by atoms with E-state index in [0.29, 0.717) is 5.95 Å². The van der Waals surface area contributed by atoms with Gasteiger partial charge in [0.25, 0.3) is 0 Å². The molecule has 0 saturated carbocycles. The molecule has 154 valence electrons. The van der Waals surface area contributed by atoms with E-state index in [0.717, 1.165) is 41.9 Å². The molecule has 3 N–H and O–H groups in total. The number of rotatable bonds is 6. The Labute approximate surface area is 179 Å². The zero-order valence-electron chi connectivity index (χ0n) is 16.2. The fourth-order valence-electron chi connectivity index (χ4n) is 2.80. The maximum absolute atomic E-state index is 12.1. The second kappa shape index (κ2) is 10.4. The summed E-state index contributed by atoms with van der Waals surface area (Å²) in [5.74, 6) is 1.14. The number of benzene rings is 1. The molecule has 1 saturated heterocycles. The number of ether oxygens (including phenoxy) is 1. The molecular weight excluding hydrogens is 408 g/mol. The number of thiocarbonyl (C=S) groups is 1. The lowest BCUT2D eigenvalue weighted by Crippen LogP contribution is -2.35. The number of thioether (sulfide) groups is 1. The summed E-state index contributed by atoms with van der Waals surface area (Å²) < 4.78 is 6.01. The van der Waals surface area contributed by atoms with Gasteiger partial charge in [-0.2, -0.15) is 15.0 Å². The largest absolute Gasteiger partial charge is 0.457 e. The van der Waals surface area contributed by atoms with Gasteiger partial charge in [0, 0.05) is 18.8 Å². The molecule has 0 spiro atoms. The van der Waals surface area contributed by atoms with Crippen molar-refractivity contribution in [3.05, 3.63) is 36.2 Å². The summed E-state index contributed by atoms with van der Waals surface area (Å²) in [5, 5.41) is 3.04. The van der Waals surface area contributed by atoms with Crippen LogP contribution < -0.4 is 11.1 Å². The van der Waals surface area contributed by atoms with Gasteiger partial charge in [0.15, 0.2) is 12.4 Å². The molecule has 1 fully saturated rings. The van der Waals surface area contributed by atoms with Crippen LogP contribution in [0.4, 0.5) is 17.6 Å². The molecule has 10 heteroatoms. The van der Waals surface area contributed by atoms with Crippen molar-refractivity contribution in [3.63, 3.8) is 0 Å². The van der Waals surface area contributed by atoms with Crippen LogP contribution in [0.2, 0.25) is 0 Å². The van der Waals surface area contributed by atoms with E-state index in [-0.39, 0.29) is 30.1 Å². The lowest BCUT2D eigenvalue weighted by atomic mass is 10.00. The molecule has 2 aromatic rings. The molecule has 1 aliphatic rings. The topological polar surface area (TPSA) is 106 Å². The zero-order valence-corrected chi connectivity index (χ0v) is 17.8. The van der Waals surface area contributed by atoms with Gasteiger partial charge >= 0.3 is 5.97 Å². The second-order valence-electron chi connectivity index (χ2n) is 6.81. The minimum Gasteiger partial charge on any atom is -0.457 e. The number of nitrogens with two attached hydrogens (primary N) is 1. The maximum atomic E-state index is 12.1. The van der Waals surface area contributed by atoms with E-state index in [2.05, 4.69) is 32.1 Å². The summed E-state index contributed by atoms with van der Waals surface area (Å²) in [6, 6.07) is 9.45. The van der Waals surface area contributed by atoms with Crippen LogP contribution in [0.25, 0.3) is 0 Å². The number of carbonyl (C=O) groups is 1. The molecule has 0 atom stereocenters. The van der Waals surface area contributed by atoms with Crippen molar-refractivity contribution in [2.75, 3.05) is 29.9 Å². The Balaban J connectivity index is 1.46. The van der Waals surface area contributed by atoms with Gasteiger partial charge in [-0.3, -0.25) is 4.79 Å². The van der Waals surface area contributed by atoms with Crippen LogP contribution in [0.3, 0.4) is 0 Å². The van der Waals surface area contributed by atoms with Crippen LogP contribution >= 0.6 is 24.0 Å². The number of aromatic nitrogens is 3. The summed E-state index contributed by atoms with van der Waals surface area (Å²) in [4.78, 5) is 26.5. The summed E-state index contributed by atoms with van der Waals surface area (Å²) >= 11 is 6.76. The molecule has 0 unspecified atom stereocenters. The molecule has 0 bridgehead atoms. The van der Waals surface area contributed by atoms with Crippen molar-refractivity contribution >= 4 is 51.9 Å². The highest BCUT2D eigenvalue weighted by Crippen LogP contribution is 2.20.